The summed E-state index contributed by atoms with van der Waals surface area (Å²) < 4.78 is 78.5. The van der Waals surface area contributed by atoms with Crippen LogP contribution in [0.1, 0.15) is 12.3 Å². The molecule has 0 amide bonds. The van der Waals surface area contributed by atoms with E-state index in [1.807, 2.05) is 54.6 Å². The molecule has 0 heterocycles. The highest BCUT2D eigenvalue weighted by molar-refractivity contribution is 6.22. The molecule has 0 aliphatic heterocycles. The third kappa shape index (κ3) is 2.86. The minimum Gasteiger partial charge on any atom is -0.0622 e. The van der Waals surface area contributed by atoms with Crippen LogP contribution >= 0.6 is 0 Å². The van der Waals surface area contributed by atoms with E-state index in [-0.39, 0.29) is 57.3 Å². The molecular weight excluding hydrogens is 408 g/mol. The van der Waals surface area contributed by atoms with Gasteiger partial charge in [0.05, 0.1) is 12.3 Å². The Morgan fingerprint density at radius 3 is 1.56 bits per heavy atom. The summed E-state index contributed by atoms with van der Waals surface area (Å²) in [4.78, 5) is 0. The van der Waals surface area contributed by atoms with Crippen molar-refractivity contribution in [3.05, 3.63) is 133 Å². The van der Waals surface area contributed by atoms with Crippen LogP contribution in [0.25, 0.3) is 65.3 Å². The van der Waals surface area contributed by atoms with E-state index in [2.05, 4.69) is 0 Å². The van der Waals surface area contributed by atoms with Gasteiger partial charge in [-0.25, -0.2) is 0 Å². The van der Waals surface area contributed by atoms with Crippen LogP contribution < -0.4 is 0 Å². The Morgan fingerprint density at radius 2 is 0.912 bits per heavy atom. The van der Waals surface area contributed by atoms with Crippen LogP contribution in [-0.2, 0) is 0 Å². The molecule has 0 aliphatic carbocycles. The van der Waals surface area contributed by atoms with E-state index < -0.39 is 24.2 Å². The van der Waals surface area contributed by atoms with Crippen molar-refractivity contribution < 1.29 is 12.3 Å². The van der Waals surface area contributed by atoms with Gasteiger partial charge >= 0.3 is 0 Å². The van der Waals surface area contributed by atoms with Gasteiger partial charge < -0.3 is 0 Å². The fraction of sp³-hybridized carbons (Fsp3) is 0. The molecule has 0 aromatic heterocycles. The van der Waals surface area contributed by atoms with Crippen molar-refractivity contribution in [2.24, 2.45) is 0 Å². The molecule has 0 heteroatoms. The molecule has 0 atom stereocenters. The van der Waals surface area contributed by atoms with Crippen molar-refractivity contribution in [3.63, 3.8) is 0 Å². The predicted molar refractivity (Wildman–Crippen MR) is 147 cm³/mol. The molecule has 7 aromatic carbocycles. The van der Waals surface area contributed by atoms with Gasteiger partial charge in [-0.05, 0) is 71.4 Å². The first-order valence-corrected chi connectivity index (χ1v) is 11.0. The van der Waals surface area contributed by atoms with Crippen molar-refractivity contribution in [2.75, 3.05) is 0 Å². The maximum Gasteiger partial charge on any atom is 0.0629 e. The maximum atomic E-state index is 9.09. The molecule has 0 unspecified atom stereocenters. The molecule has 0 spiro atoms. The average molecular weight is 440 g/mol. The van der Waals surface area contributed by atoms with Gasteiger partial charge in [-0.15, -0.1) is 0 Å². The smallest absolute Gasteiger partial charge is 0.0622 e. The van der Waals surface area contributed by atoms with Gasteiger partial charge in [-0.2, -0.15) is 0 Å². The van der Waals surface area contributed by atoms with Gasteiger partial charge in [0.15, 0.2) is 0 Å². The molecule has 0 fully saturated rings. The Kier molecular flexibility index (Phi) is 2.71. The van der Waals surface area contributed by atoms with Gasteiger partial charge in [0.2, 0.25) is 0 Å². The molecule has 34 heavy (non-hydrogen) atoms. The largest absolute Gasteiger partial charge is 0.0629 e. The van der Waals surface area contributed by atoms with Crippen LogP contribution in [0.4, 0.5) is 0 Å². The lowest BCUT2D eigenvalue weighted by molar-refractivity contribution is 1.66. The Labute approximate surface area is 211 Å². The monoisotopic (exact) mass is 439 g/mol. The number of benzene rings is 7. The highest BCUT2D eigenvalue weighted by Crippen LogP contribution is 2.44. The lowest BCUT2D eigenvalue weighted by Crippen LogP contribution is -1.91. The summed E-state index contributed by atoms with van der Waals surface area (Å²) in [5.74, 6) is 0. The molecule has 0 bridgehead atoms. The highest BCUT2D eigenvalue weighted by Gasteiger charge is 2.16. The SMILES string of the molecule is [2H]c1ccc(-c2c3c([2H])c([2H])c([2H])c([2H])c3c(-c3ccc4ccc5ccccc5c4c3)c3c([2H])c([2H])c([2H])c([2H])c23)cc1. The van der Waals surface area contributed by atoms with E-state index in [1.54, 1.807) is 24.3 Å². The molecule has 0 N–H and O–H groups in total. The summed E-state index contributed by atoms with van der Waals surface area (Å²) in [6.07, 6.45) is 0. The summed E-state index contributed by atoms with van der Waals surface area (Å²) >= 11 is 0. The van der Waals surface area contributed by atoms with E-state index in [4.69, 9.17) is 12.3 Å². The molecule has 0 aliphatic rings. The van der Waals surface area contributed by atoms with Gasteiger partial charge in [-0.3, -0.25) is 0 Å². The Hall–Kier alpha value is -4.42. The zero-order valence-corrected chi connectivity index (χ0v) is 18.0. The van der Waals surface area contributed by atoms with Crippen molar-refractivity contribution in [1.82, 2.24) is 0 Å². The number of rotatable bonds is 2. The van der Waals surface area contributed by atoms with Crippen molar-refractivity contribution >= 4 is 43.1 Å². The molecule has 158 valence electrons. The number of hydrogen-bond acceptors (Lipinski definition) is 0. The van der Waals surface area contributed by atoms with Crippen molar-refractivity contribution in [2.45, 2.75) is 0 Å². The normalized spacial score (nSPS) is 15.2. The third-order valence-corrected chi connectivity index (χ3v) is 6.42. The molecule has 0 nitrogen and oxygen atoms in total. The molecular formula is C34H22. The minimum atomic E-state index is -0.438. The van der Waals surface area contributed by atoms with Gasteiger partial charge in [0.1, 0.15) is 0 Å². The Balaban J connectivity index is 1.80. The van der Waals surface area contributed by atoms with Crippen LogP contribution in [0.2, 0.25) is 0 Å². The quantitative estimate of drug-likeness (QED) is 0.186. The molecule has 0 radical (unpaired) electrons. The third-order valence-electron chi connectivity index (χ3n) is 6.42. The number of hydrogen-bond donors (Lipinski definition) is 0. The second-order valence-corrected chi connectivity index (χ2v) is 8.26. The Morgan fingerprint density at radius 1 is 0.382 bits per heavy atom. The second-order valence-electron chi connectivity index (χ2n) is 8.26. The summed E-state index contributed by atoms with van der Waals surface area (Å²) in [5.41, 5.74) is 1.65. The van der Waals surface area contributed by atoms with Crippen LogP contribution in [-0.4, -0.2) is 0 Å². The van der Waals surface area contributed by atoms with Crippen LogP contribution in [0.5, 0.6) is 0 Å². The van der Waals surface area contributed by atoms with Gasteiger partial charge in [0.25, 0.3) is 0 Å². The summed E-state index contributed by atoms with van der Waals surface area (Å²) in [5, 5.41) is 4.57. The van der Waals surface area contributed by atoms with E-state index in [1.165, 1.54) is 0 Å². The van der Waals surface area contributed by atoms with Crippen molar-refractivity contribution in [1.29, 1.82) is 0 Å². The van der Waals surface area contributed by atoms with Gasteiger partial charge in [-0.1, -0.05) is 127 Å². The van der Waals surface area contributed by atoms with E-state index in [9.17, 15) is 0 Å². The second kappa shape index (κ2) is 7.57. The molecule has 0 saturated carbocycles. The topological polar surface area (TPSA) is 0 Å². The van der Waals surface area contributed by atoms with E-state index in [0.29, 0.717) is 16.7 Å². The van der Waals surface area contributed by atoms with Crippen molar-refractivity contribution in [3.8, 4) is 22.3 Å². The first-order chi connectivity index (χ1) is 20.6. The molecule has 7 aromatic rings. The summed E-state index contributed by atoms with van der Waals surface area (Å²) in [6, 6.07) is 21.3. The van der Waals surface area contributed by atoms with Gasteiger partial charge in [0, 0.05) is 0 Å². The van der Waals surface area contributed by atoms with Crippen LogP contribution in [0.15, 0.2) is 133 Å². The average Bonchev–Trinajstić information content (AvgIpc) is 3.03. The lowest BCUT2D eigenvalue weighted by atomic mass is 9.85. The maximum absolute atomic E-state index is 9.09. The standard InChI is InChI=1S/C34H22/c1-2-11-25(12-3-1)33-28-14-6-8-16-30(28)34(31-17-9-7-15-29(31)33)26-21-20-24-19-18-23-10-4-5-13-27(23)32(24)22-26/h1-22H/i1D,6D,7D,8D,9D,14D,15D,16D,17D. The van der Waals surface area contributed by atoms with E-state index in [0.717, 1.165) is 21.5 Å². The predicted octanol–water partition coefficient (Wildman–Crippen LogP) is 9.63. The molecule has 7 rings (SSSR count). The minimum absolute atomic E-state index is 0.161. The van der Waals surface area contributed by atoms with Crippen LogP contribution in [0.3, 0.4) is 0 Å². The highest BCUT2D eigenvalue weighted by atomic mass is 14.2. The Bertz CT molecular complexity index is 2240. The van der Waals surface area contributed by atoms with Crippen LogP contribution in [0, 0.1) is 0 Å². The molecule has 0 saturated heterocycles. The zero-order chi connectivity index (χ0) is 30.3. The lowest BCUT2D eigenvalue weighted by Gasteiger charge is -2.18. The fourth-order valence-electron chi connectivity index (χ4n) is 4.91. The summed E-state index contributed by atoms with van der Waals surface area (Å²) in [7, 11) is 0. The summed E-state index contributed by atoms with van der Waals surface area (Å²) in [6.45, 7) is 0. The first-order valence-electron chi connectivity index (χ1n) is 15.5. The fourth-order valence-corrected chi connectivity index (χ4v) is 4.91. The first kappa shape index (κ1) is 12.2. The number of fused-ring (bicyclic) bond motifs is 5. The van der Waals surface area contributed by atoms with E-state index >= 15 is 0 Å². The zero-order valence-electron chi connectivity index (χ0n) is 27.0.